The van der Waals surface area contributed by atoms with Crippen molar-refractivity contribution in [2.45, 2.75) is 11.2 Å². The summed E-state index contributed by atoms with van der Waals surface area (Å²) in [6.07, 6.45) is -4.31. The monoisotopic (exact) mass is 350 g/mol. The van der Waals surface area contributed by atoms with Crippen LogP contribution < -0.4 is 5.32 Å². The number of hydrogen-bond donors (Lipinski definition) is 1. The molecule has 2 aromatic heterocycles. The van der Waals surface area contributed by atoms with Crippen LogP contribution in [0.5, 0.6) is 0 Å². The molecule has 0 unspecified atom stereocenters. The van der Waals surface area contributed by atoms with Crippen LogP contribution in [-0.4, -0.2) is 45.8 Å². The van der Waals surface area contributed by atoms with Crippen LogP contribution >= 0.6 is 0 Å². The van der Waals surface area contributed by atoms with Crippen molar-refractivity contribution in [2.75, 3.05) is 11.6 Å². The minimum absolute atomic E-state index is 0.185. The van der Waals surface area contributed by atoms with E-state index in [1.54, 1.807) is 0 Å². The van der Waals surface area contributed by atoms with E-state index < -0.39 is 38.2 Å². The molecule has 2 aromatic rings. The summed E-state index contributed by atoms with van der Waals surface area (Å²) in [5, 5.41) is 11.3. The fraction of sp³-hybridized carbons (Fsp3) is 0.300. The van der Waals surface area contributed by atoms with E-state index >= 15 is 0 Å². The van der Waals surface area contributed by atoms with E-state index in [9.17, 15) is 26.4 Å². The van der Waals surface area contributed by atoms with Gasteiger partial charge in [-0.15, -0.1) is 0 Å². The third-order valence-corrected chi connectivity index (χ3v) is 3.60. The van der Waals surface area contributed by atoms with Crippen molar-refractivity contribution in [3.63, 3.8) is 0 Å². The van der Waals surface area contributed by atoms with Gasteiger partial charge in [0.25, 0.3) is 5.91 Å². The SMILES string of the molecule is Cn1nnnc1NC(=O)c1ccc(S(C)(=O)=O)nc1C(F)(F)F. The van der Waals surface area contributed by atoms with Crippen molar-refractivity contribution in [2.24, 2.45) is 7.05 Å². The average Bonchev–Trinajstić information content (AvgIpc) is 2.81. The lowest BCUT2D eigenvalue weighted by Crippen LogP contribution is -2.22. The molecule has 0 bridgehead atoms. The Morgan fingerprint density at radius 2 is 1.96 bits per heavy atom. The summed E-state index contributed by atoms with van der Waals surface area (Å²) in [6.45, 7) is 0. The van der Waals surface area contributed by atoms with Gasteiger partial charge in [-0.1, -0.05) is 5.10 Å². The number of nitrogens with one attached hydrogen (secondary N) is 1. The molecule has 1 amide bonds. The van der Waals surface area contributed by atoms with Crippen molar-refractivity contribution >= 4 is 21.7 Å². The largest absolute Gasteiger partial charge is 0.434 e. The summed E-state index contributed by atoms with van der Waals surface area (Å²) in [7, 11) is -2.60. The fourth-order valence-electron chi connectivity index (χ4n) is 1.55. The molecule has 0 aromatic carbocycles. The molecule has 2 rings (SSSR count). The van der Waals surface area contributed by atoms with E-state index in [2.05, 4.69) is 25.8 Å². The third-order valence-electron chi connectivity index (χ3n) is 2.61. The minimum Gasteiger partial charge on any atom is -0.289 e. The van der Waals surface area contributed by atoms with Crippen LogP contribution in [0.2, 0.25) is 0 Å². The topological polar surface area (TPSA) is 120 Å². The Balaban J connectivity index is 2.49. The van der Waals surface area contributed by atoms with Gasteiger partial charge < -0.3 is 0 Å². The number of rotatable bonds is 3. The molecule has 0 fully saturated rings. The van der Waals surface area contributed by atoms with Crippen LogP contribution in [0.1, 0.15) is 16.1 Å². The molecule has 0 aliphatic rings. The Bertz CT molecular complexity index is 861. The van der Waals surface area contributed by atoms with E-state index in [1.165, 1.54) is 7.05 Å². The highest BCUT2D eigenvalue weighted by atomic mass is 32.2. The lowest BCUT2D eigenvalue weighted by atomic mass is 10.1. The zero-order chi connectivity index (χ0) is 17.4. The maximum absolute atomic E-state index is 13.1. The number of aryl methyl sites for hydroxylation is 1. The highest BCUT2D eigenvalue weighted by molar-refractivity contribution is 7.90. The van der Waals surface area contributed by atoms with Gasteiger partial charge in [0.15, 0.2) is 20.6 Å². The van der Waals surface area contributed by atoms with Crippen LogP contribution in [0.3, 0.4) is 0 Å². The number of anilines is 1. The Labute approximate surface area is 127 Å². The molecule has 124 valence electrons. The summed E-state index contributed by atoms with van der Waals surface area (Å²) in [6, 6.07) is 1.54. The van der Waals surface area contributed by atoms with Gasteiger partial charge in [-0.25, -0.2) is 18.1 Å². The second kappa shape index (κ2) is 5.57. The van der Waals surface area contributed by atoms with Crippen LogP contribution in [0.4, 0.5) is 19.1 Å². The van der Waals surface area contributed by atoms with Crippen molar-refractivity contribution in [1.82, 2.24) is 25.2 Å². The summed E-state index contributed by atoms with van der Waals surface area (Å²) in [4.78, 5) is 15.0. The highest BCUT2D eigenvalue weighted by Gasteiger charge is 2.38. The summed E-state index contributed by atoms with van der Waals surface area (Å²) >= 11 is 0. The van der Waals surface area contributed by atoms with E-state index in [-0.39, 0.29) is 5.95 Å². The maximum Gasteiger partial charge on any atom is 0.434 e. The third kappa shape index (κ3) is 3.61. The predicted molar refractivity (Wildman–Crippen MR) is 69.1 cm³/mol. The fourth-order valence-corrected chi connectivity index (χ4v) is 2.12. The first kappa shape index (κ1) is 16.8. The van der Waals surface area contributed by atoms with Gasteiger partial charge in [-0.3, -0.25) is 10.1 Å². The number of halogens is 3. The Morgan fingerprint density at radius 1 is 1.30 bits per heavy atom. The Morgan fingerprint density at radius 3 is 2.43 bits per heavy atom. The van der Waals surface area contributed by atoms with E-state index in [1.807, 2.05) is 0 Å². The number of alkyl halides is 3. The zero-order valence-electron chi connectivity index (χ0n) is 11.7. The smallest absolute Gasteiger partial charge is 0.289 e. The van der Waals surface area contributed by atoms with E-state index in [4.69, 9.17) is 0 Å². The van der Waals surface area contributed by atoms with Gasteiger partial charge >= 0.3 is 6.18 Å². The molecule has 0 spiro atoms. The molecule has 13 heteroatoms. The summed E-state index contributed by atoms with van der Waals surface area (Å²) in [5.74, 6) is -1.36. The van der Waals surface area contributed by atoms with Crippen molar-refractivity contribution in [1.29, 1.82) is 0 Å². The molecule has 0 saturated heterocycles. The standard InChI is InChI=1S/C10H9F3N6O3S/c1-19-9(16-17-18-19)15-8(20)5-3-4-6(23(2,21)22)14-7(5)10(11,12)13/h3-4H,1-2H3,(H,15,16,18,20). The average molecular weight is 350 g/mol. The lowest BCUT2D eigenvalue weighted by Gasteiger charge is -2.12. The number of hydrogen-bond acceptors (Lipinski definition) is 7. The van der Waals surface area contributed by atoms with E-state index in [0.717, 1.165) is 16.8 Å². The number of carbonyl (C=O) groups is 1. The molecular weight excluding hydrogens is 341 g/mol. The number of tetrazole rings is 1. The number of amides is 1. The molecule has 9 nitrogen and oxygen atoms in total. The van der Waals surface area contributed by atoms with Crippen LogP contribution in [-0.2, 0) is 23.1 Å². The first-order chi connectivity index (χ1) is 10.5. The first-order valence-corrected chi connectivity index (χ1v) is 7.71. The number of pyridine rings is 1. The van der Waals surface area contributed by atoms with Crippen LogP contribution in [0, 0.1) is 0 Å². The van der Waals surface area contributed by atoms with Gasteiger partial charge in [0.05, 0.1) is 5.56 Å². The minimum atomic E-state index is -5.02. The number of carbonyl (C=O) groups excluding carboxylic acids is 1. The number of nitrogens with zero attached hydrogens (tertiary/aromatic N) is 5. The lowest BCUT2D eigenvalue weighted by molar-refractivity contribution is -0.141. The molecule has 0 aliphatic heterocycles. The zero-order valence-corrected chi connectivity index (χ0v) is 12.5. The van der Waals surface area contributed by atoms with Gasteiger partial charge in [0.1, 0.15) is 0 Å². The second-order valence-corrected chi connectivity index (χ2v) is 6.36. The summed E-state index contributed by atoms with van der Waals surface area (Å²) < 4.78 is 62.9. The molecule has 23 heavy (non-hydrogen) atoms. The number of aromatic nitrogens is 5. The van der Waals surface area contributed by atoms with E-state index in [0.29, 0.717) is 6.26 Å². The van der Waals surface area contributed by atoms with Gasteiger partial charge in [0, 0.05) is 13.3 Å². The van der Waals surface area contributed by atoms with Crippen molar-refractivity contribution in [3.8, 4) is 0 Å². The predicted octanol–water partition coefficient (Wildman–Crippen LogP) is 0.280. The molecule has 0 saturated carbocycles. The van der Waals surface area contributed by atoms with Gasteiger partial charge in [0.2, 0.25) is 5.95 Å². The first-order valence-electron chi connectivity index (χ1n) is 5.82. The Kier molecular flexibility index (Phi) is 4.07. The maximum atomic E-state index is 13.1. The normalized spacial score (nSPS) is 12.2. The highest BCUT2D eigenvalue weighted by Crippen LogP contribution is 2.31. The van der Waals surface area contributed by atoms with Crippen LogP contribution in [0.25, 0.3) is 0 Å². The quantitative estimate of drug-likeness (QED) is 0.844. The molecule has 0 radical (unpaired) electrons. The molecular formula is C10H9F3N6O3S. The molecule has 0 aliphatic carbocycles. The van der Waals surface area contributed by atoms with Gasteiger partial charge in [-0.2, -0.15) is 13.2 Å². The van der Waals surface area contributed by atoms with Crippen molar-refractivity contribution < 1.29 is 26.4 Å². The summed E-state index contributed by atoms with van der Waals surface area (Å²) in [5.41, 5.74) is -2.47. The second-order valence-electron chi connectivity index (χ2n) is 4.40. The number of sulfone groups is 1. The molecule has 0 atom stereocenters. The van der Waals surface area contributed by atoms with Crippen molar-refractivity contribution in [3.05, 3.63) is 23.4 Å². The van der Waals surface area contributed by atoms with Gasteiger partial charge in [-0.05, 0) is 22.6 Å². The Hall–Kier alpha value is -2.57. The molecule has 2 heterocycles. The molecule has 1 N–H and O–H groups in total. The van der Waals surface area contributed by atoms with Crippen LogP contribution in [0.15, 0.2) is 17.2 Å².